The Labute approximate surface area is 61.2 Å². The van der Waals surface area contributed by atoms with Crippen LogP contribution in [-0.2, 0) is 4.79 Å². The fourth-order valence-corrected chi connectivity index (χ4v) is 1.59. The van der Waals surface area contributed by atoms with Gasteiger partial charge in [0.25, 0.3) is 0 Å². The van der Waals surface area contributed by atoms with Gasteiger partial charge in [-0.1, -0.05) is 6.92 Å². The Morgan fingerprint density at radius 3 is 2.80 bits per heavy atom. The van der Waals surface area contributed by atoms with Gasteiger partial charge in [0, 0.05) is 12.3 Å². The first-order valence-electron chi connectivity index (χ1n) is 3.96. The Morgan fingerprint density at radius 1 is 1.70 bits per heavy atom. The van der Waals surface area contributed by atoms with Gasteiger partial charge in [0.05, 0.1) is 6.10 Å². The van der Waals surface area contributed by atoms with Gasteiger partial charge in [-0.25, -0.2) is 0 Å². The van der Waals surface area contributed by atoms with Gasteiger partial charge in [-0.2, -0.15) is 0 Å². The first kappa shape index (κ1) is 7.73. The third kappa shape index (κ3) is 1.37. The molecule has 0 radical (unpaired) electrons. The summed E-state index contributed by atoms with van der Waals surface area (Å²) in [4.78, 5) is 11.1. The quantitative estimate of drug-likeness (QED) is 0.595. The molecule has 58 valence electrons. The smallest absolute Gasteiger partial charge is 0.138 e. The highest BCUT2D eigenvalue weighted by Gasteiger charge is 2.28. The van der Waals surface area contributed by atoms with E-state index in [1.54, 1.807) is 0 Å². The molecule has 1 fully saturated rings. The van der Waals surface area contributed by atoms with E-state index in [9.17, 15) is 9.90 Å². The number of hydrogen-bond acceptors (Lipinski definition) is 2. The molecule has 2 atom stereocenters. The largest absolute Gasteiger partial charge is 0.392 e. The normalized spacial score (nSPS) is 34.4. The highest BCUT2D eigenvalue weighted by atomic mass is 16.3. The zero-order chi connectivity index (χ0) is 7.56. The molecular formula is C8H14O2. The number of hydrogen-bond donors (Lipinski definition) is 1. The lowest BCUT2D eigenvalue weighted by molar-refractivity contribution is -0.129. The molecule has 0 aromatic heterocycles. The number of aliphatic hydroxyl groups is 1. The lowest BCUT2D eigenvalue weighted by atomic mass is 9.84. The van der Waals surface area contributed by atoms with Crippen molar-refractivity contribution in [1.29, 1.82) is 0 Å². The van der Waals surface area contributed by atoms with Crippen molar-refractivity contribution in [2.24, 2.45) is 5.92 Å². The highest BCUT2D eigenvalue weighted by molar-refractivity contribution is 5.82. The summed E-state index contributed by atoms with van der Waals surface area (Å²) in [5.41, 5.74) is 0. The van der Waals surface area contributed by atoms with Crippen LogP contribution in [0.4, 0.5) is 0 Å². The summed E-state index contributed by atoms with van der Waals surface area (Å²) in [7, 11) is 0. The van der Waals surface area contributed by atoms with Crippen molar-refractivity contribution in [2.75, 3.05) is 0 Å². The van der Waals surface area contributed by atoms with E-state index in [0.29, 0.717) is 6.42 Å². The minimum Gasteiger partial charge on any atom is -0.392 e. The van der Waals surface area contributed by atoms with Crippen molar-refractivity contribution >= 4 is 5.78 Å². The Morgan fingerprint density at radius 2 is 2.40 bits per heavy atom. The molecule has 2 unspecified atom stereocenters. The highest BCUT2D eigenvalue weighted by Crippen LogP contribution is 2.23. The molecule has 1 saturated carbocycles. The standard InChI is InChI=1S/C8H14O2/c1-2-6-7(9)4-3-5-8(6)10/h6-7,9H,2-5H2,1H3. The summed E-state index contributed by atoms with van der Waals surface area (Å²) in [6.07, 6.45) is 2.79. The van der Waals surface area contributed by atoms with Crippen LogP contribution in [0.3, 0.4) is 0 Å². The average molecular weight is 142 g/mol. The number of carbonyl (C=O) groups is 1. The van der Waals surface area contributed by atoms with Gasteiger partial charge in [0.2, 0.25) is 0 Å². The third-order valence-electron chi connectivity index (χ3n) is 2.24. The van der Waals surface area contributed by atoms with Crippen LogP contribution < -0.4 is 0 Å². The molecule has 0 bridgehead atoms. The van der Waals surface area contributed by atoms with Crippen molar-refractivity contribution in [2.45, 2.75) is 38.7 Å². The molecule has 2 heteroatoms. The fourth-order valence-electron chi connectivity index (χ4n) is 1.59. The number of rotatable bonds is 1. The maximum absolute atomic E-state index is 11.1. The maximum atomic E-state index is 11.1. The van der Waals surface area contributed by atoms with Crippen molar-refractivity contribution in [1.82, 2.24) is 0 Å². The molecule has 0 aliphatic heterocycles. The third-order valence-corrected chi connectivity index (χ3v) is 2.24. The van der Waals surface area contributed by atoms with Crippen LogP contribution in [0.25, 0.3) is 0 Å². The Balaban J connectivity index is 2.53. The molecule has 0 amide bonds. The predicted molar refractivity (Wildman–Crippen MR) is 38.6 cm³/mol. The van der Waals surface area contributed by atoms with Crippen LogP contribution in [0.5, 0.6) is 0 Å². The second-order valence-corrected chi connectivity index (χ2v) is 2.94. The monoisotopic (exact) mass is 142 g/mol. The van der Waals surface area contributed by atoms with Crippen LogP contribution >= 0.6 is 0 Å². The first-order valence-corrected chi connectivity index (χ1v) is 3.96. The Bertz CT molecular complexity index is 131. The molecule has 0 saturated heterocycles. The van der Waals surface area contributed by atoms with E-state index in [-0.39, 0.29) is 17.8 Å². The number of carbonyl (C=O) groups excluding carboxylic acids is 1. The van der Waals surface area contributed by atoms with E-state index in [2.05, 4.69) is 0 Å². The second-order valence-electron chi connectivity index (χ2n) is 2.94. The summed E-state index contributed by atoms with van der Waals surface area (Å²) in [5.74, 6) is 0.190. The molecule has 2 nitrogen and oxygen atoms in total. The Kier molecular flexibility index (Phi) is 2.44. The minimum absolute atomic E-state index is 0.0613. The molecular weight excluding hydrogens is 128 g/mol. The van der Waals surface area contributed by atoms with E-state index in [1.807, 2.05) is 6.92 Å². The molecule has 1 N–H and O–H groups in total. The zero-order valence-electron chi connectivity index (χ0n) is 6.34. The van der Waals surface area contributed by atoms with Gasteiger partial charge >= 0.3 is 0 Å². The van der Waals surface area contributed by atoms with Gasteiger partial charge in [-0.15, -0.1) is 0 Å². The Hall–Kier alpha value is -0.370. The van der Waals surface area contributed by atoms with Gasteiger partial charge in [-0.3, -0.25) is 4.79 Å². The van der Waals surface area contributed by atoms with Crippen LogP contribution in [0.1, 0.15) is 32.6 Å². The molecule has 1 aliphatic carbocycles. The lowest BCUT2D eigenvalue weighted by Crippen LogP contribution is -2.31. The van der Waals surface area contributed by atoms with Crippen molar-refractivity contribution in [3.63, 3.8) is 0 Å². The molecule has 10 heavy (non-hydrogen) atoms. The summed E-state index contributed by atoms with van der Waals surface area (Å²) >= 11 is 0. The molecule has 1 aliphatic rings. The van der Waals surface area contributed by atoms with E-state index >= 15 is 0 Å². The number of aliphatic hydroxyl groups excluding tert-OH is 1. The van der Waals surface area contributed by atoms with Gasteiger partial charge in [0.1, 0.15) is 5.78 Å². The van der Waals surface area contributed by atoms with Crippen molar-refractivity contribution in [3.8, 4) is 0 Å². The molecule has 0 aromatic carbocycles. The van der Waals surface area contributed by atoms with Crippen LogP contribution in [0.15, 0.2) is 0 Å². The predicted octanol–water partition coefficient (Wildman–Crippen LogP) is 1.13. The van der Waals surface area contributed by atoms with Gasteiger partial charge < -0.3 is 5.11 Å². The van der Waals surface area contributed by atoms with Crippen LogP contribution in [0.2, 0.25) is 0 Å². The average Bonchev–Trinajstić information content (AvgIpc) is 1.88. The van der Waals surface area contributed by atoms with E-state index in [0.717, 1.165) is 19.3 Å². The summed E-state index contributed by atoms with van der Waals surface area (Å²) < 4.78 is 0. The minimum atomic E-state index is -0.355. The van der Waals surface area contributed by atoms with Gasteiger partial charge in [0.15, 0.2) is 0 Å². The topological polar surface area (TPSA) is 37.3 Å². The molecule has 0 aromatic rings. The molecule has 0 heterocycles. The molecule has 1 rings (SSSR count). The van der Waals surface area contributed by atoms with E-state index in [4.69, 9.17) is 0 Å². The maximum Gasteiger partial charge on any atom is 0.138 e. The van der Waals surface area contributed by atoms with Crippen LogP contribution in [0, 0.1) is 5.92 Å². The number of Topliss-reactive ketones (excluding diaryl/α,β-unsaturated/α-hetero) is 1. The molecule has 0 spiro atoms. The first-order chi connectivity index (χ1) is 4.75. The second kappa shape index (κ2) is 3.15. The summed E-state index contributed by atoms with van der Waals surface area (Å²) in [5, 5.41) is 9.32. The zero-order valence-corrected chi connectivity index (χ0v) is 6.34. The lowest BCUT2D eigenvalue weighted by Gasteiger charge is -2.24. The summed E-state index contributed by atoms with van der Waals surface area (Å²) in [6, 6.07) is 0. The van der Waals surface area contributed by atoms with E-state index < -0.39 is 0 Å². The van der Waals surface area contributed by atoms with E-state index in [1.165, 1.54) is 0 Å². The SMILES string of the molecule is CCC1C(=O)CCCC1O. The van der Waals surface area contributed by atoms with Crippen molar-refractivity contribution in [3.05, 3.63) is 0 Å². The summed E-state index contributed by atoms with van der Waals surface area (Å²) in [6.45, 7) is 1.96. The van der Waals surface area contributed by atoms with Crippen molar-refractivity contribution < 1.29 is 9.90 Å². The number of ketones is 1. The fraction of sp³-hybridized carbons (Fsp3) is 0.875. The van der Waals surface area contributed by atoms with Crippen LogP contribution in [-0.4, -0.2) is 17.0 Å². The van der Waals surface area contributed by atoms with Gasteiger partial charge in [-0.05, 0) is 19.3 Å².